The minimum atomic E-state index is -0.0254. The van der Waals surface area contributed by atoms with E-state index in [1.807, 2.05) is 31.2 Å². The maximum absolute atomic E-state index is 12.5. The molecule has 0 bridgehead atoms. The van der Waals surface area contributed by atoms with Gasteiger partial charge in [-0.05, 0) is 38.0 Å². The van der Waals surface area contributed by atoms with Crippen molar-refractivity contribution in [1.82, 2.24) is 25.2 Å². The molecule has 2 aromatic heterocycles. The number of amides is 2. The highest BCUT2D eigenvalue weighted by Crippen LogP contribution is 2.15. The zero-order valence-electron chi connectivity index (χ0n) is 14.5. The summed E-state index contributed by atoms with van der Waals surface area (Å²) in [4.78, 5) is 29.4. The van der Waals surface area contributed by atoms with Gasteiger partial charge in [0.1, 0.15) is 0 Å². The summed E-state index contributed by atoms with van der Waals surface area (Å²) in [6, 6.07) is 7.73. The quantitative estimate of drug-likeness (QED) is 0.902. The molecule has 3 rings (SSSR count). The topological polar surface area (TPSA) is 74.2 Å². The van der Waals surface area contributed by atoms with Gasteiger partial charge in [0.25, 0.3) is 0 Å². The first kappa shape index (κ1) is 17.1. The van der Waals surface area contributed by atoms with Gasteiger partial charge in [-0.3, -0.25) is 4.98 Å². The standard InChI is InChI=1S/C18H24N6O/c1-2-23(14-16-6-3-4-9-19-16)18(25)22-15-7-12-24(13-8-15)17-20-10-5-11-21-17/h3-6,9-11,15H,2,7-8,12-14H2,1H3,(H,22,25). The van der Waals surface area contributed by atoms with Crippen molar-refractivity contribution in [2.45, 2.75) is 32.4 Å². The lowest BCUT2D eigenvalue weighted by molar-refractivity contribution is 0.191. The smallest absolute Gasteiger partial charge is 0.317 e. The molecule has 1 N–H and O–H groups in total. The molecule has 0 aromatic carbocycles. The lowest BCUT2D eigenvalue weighted by Gasteiger charge is -2.33. The summed E-state index contributed by atoms with van der Waals surface area (Å²) in [7, 11) is 0. The third kappa shape index (κ3) is 4.65. The van der Waals surface area contributed by atoms with Crippen LogP contribution in [0.5, 0.6) is 0 Å². The predicted molar refractivity (Wildman–Crippen MR) is 96.1 cm³/mol. The van der Waals surface area contributed by atoms with Crippen molar-refractivity contribution in [2.24, 2.45) is 0 Å². The number of hydrogen-bond acceptors (Lipinski definition) is 5. The molecular weight excluding hydrogens is 316 g/mol. The van der Waals surface area contributed by atoms with Crippen molar-refractivity contribution in [2.75, 3.05) is 24.5 Å². The Labute approximate surface area is 148 Å². The third-order valence-electron chi connectivity index (χ3n) is 4.41. The minimum absolute atomic E-state index is 0.0254. The second-order valence-electron chi connectivity index (χ2n) is 6.09. The molecule has 0 unspecified atom stereocenters. The van der Waals surface area contributed by atoms with Crippen molar-refractivity contribution >= 4 is 12.0 Å². The van der Waals surface area contributed by atoms with Crippen LogP contribution < -0.4 is 10.2 Å². The van der Waals surface area contributed by atoms with Crippen molar-refractivity contribution in [3.8, 4) is 0 Å². The van der Waals surface area contributed by atoms with Crippen molar-refractivity contribution < 1.29 is 4.79 Å². The summed E-state index contributed by atoms with van der Waals surface area (Å²) in [6.07, 6.45) is 7.05. The highest BCUT2D eigenvalue weighted by molar-refractivity contribution is 5.74. The summed E-state index contributed by atoms with van der Waals surface area (Å²) in [5.41, 5.74) is 0.899. The van der Waals surface area contributed by atoms with Crippen molar-refractivity contribution in [1.29, 1.82) is 0 Å². The van der Waals surface area contributed by atoms with Crippen LogP contribution in [0.15, 0.2) is 42.9 Å². The number of pyridine rings is 1. The molecule has 25 heavy (non-hydrogen) atoms. The van der Waals surface area contributed by atoms with E-state index in [0.29, 0.717) is 13.1 Å². The van der Waals surface area contributed by atoms with Gasteiger partial charge in [0.15, 0.2) is 0 Å². The first-order chi connectivity index (χ1) is 12.3. The van der Waals surface area contributed by atoms with Crippen LogP contribution in [0, 0.1) is 0 Å². The Morgan fingerprint density at radius 1 is 1.16 bits per heavy atom. The molecule has 1 aliphatic rings. The largest absolute Gasteiger partial charge is 0.341 e. The number of nitrogens with one attached hydrogen (secondary N) is 1. The molecule has 0 spiro atoms. The van der Waals surface area contributed by atoms with Crippen LogP contribution in [0.3, 0.4) is 0 Å². The summed E-state index contributed by atoms with van der Waals surface area (Å²) in [5.74, 6) is 0.762. The van der Waals surface area contributed by atoms with Crippen LogP contribution >= 0.6 is 0 Å². The van der Waals surface area contributed by atoms with Crippen LogP contribution in [0.1, 0.15) is 25.5 Å². The maximum Gasteiger partial charge on any atom is 0.317 e. The van der Waals surface area contributed by atoms with Gasteiger partial charge < -0.3 is 15.1 Å². The molecule has 3 heterocycles. The summed E-state index contributed by atoms with van der Waals surface area (Å²) in [6.45, 7) is 4.86. The number of anilines is 1. The van der Waals surface area contributed by atoms with Crippen molar-refractivity contribution in [3.05, 3.63) is 48.5 Å². The van der Waals surface area contributed by atoms with Gasteiger partial charge in [0.05, 0.1) is 12.2 Å². The van der Waals surface area contributed by atoms with Crippen LogP contribution in [0.2, 0.25) is 0 Å². The van der Waals surface area contributed by atoms with Gasteiger partial charge in [0.2, 0.25) is 5.95 Å². The second kappa shape index (κ2) is 8.41. The summed E-state index contributed by atoms with van der Waals surface area (Å²) in [5, 5.41) is 3.15. The molecule has 0 atom stereocenters. The normalized spacial score (nSPS) is 15.0. The molecule has 0 radical (unpaired) electrons. The van der Waals surface area contributed by atoms with Gasteiger partial charge in [0, 0.05) is 44.3 Å². The summed E-state index contributed by atoms with van der Waals surface area (Å²) >= 11 is 0. The molecule has 2 amide bonds. The first-order valence-corrected chi connectivity index (χ1v) is 8.73. The highest BCUT2D eigenvalue weighted by Gasteiger charge is 2.23. The molecule has 132 valence electrons. The predicted octanol–water partition coefficient (Wildman–Crippen LogP) is 2.07. The van der Waals surface area contributed by atoms with Crippen molar-refractivity contribution in [3.63, 3.8) is 0 Å². The number of nitrogens with zero attached hydrogens (tertiary/aromatic N) is 5. The van der Waals surface area contributed by atoms with E-state index in [4.69, 9.17) is 0 Å². The fraction of sp³-hybridized carbons (Fsp3) is 0.444. The lowest BCUT2D eigenvalue weighted by Crippen LogP contribution is -2.49. The van der Waals surface area contributed by atoms with E-state index in [1.165, 1.54) is 0 Å². The fourth-order valence-electron chi connectivity index (χ4n) is 2.96. The third-order valence-corrected chi connectivity index (χ3v) is 4.41. The lowest BCUT2D eigenvalue weighted by atomic mass is 10.1. The molecule has 7 nitrogen and oxygen atoms in total. The number of urea groups is 1. The molecule has 1 saturated heterocycles. The Hall–Kier alpha value is -2.70. The SMILES string of the molecule is CCN(Cc1ccccn1)C(=O)NC1CCN(c2ncccn2)CC1. The van der Waals surface area contributed by atoms with Crippen LogP contribution in [0.4, 0.5) is 10.7 Å². The fourth-order valence-corrected chi connectivity index (χ4v) is 2.96. The van der Waals surface area contributed by atoms with Gasteiger partial charge in [-0.1, -0.05) is 6.07 Å². The van der Waals surface area contributed by atoms with Crippen LogP contribution in [-0.4, -0.2) is 51.6 Å². The number of aromatic nitrogens is 3. The zero-order chi connectivity index (χ0) is 17.5. The van der Waals surface area contributed by atoms with E-state index in [1.54, 1.807) is 23.5 Å². The zero-order valence-corrected chi connectivity index (χ0v) is 14.5. The van der Waals surface area contributed by atoms with E-state index in [9.17, 15) is 4.79 Å². The summed E-state index contributed by atoms with van der Waals surface area (Å²) < 4.78 is 0. The average Bonchev–Trinajstić information content (AvgIpc) is 2.68. The Morgan fingerprint density at radius 3 is 2.52 bits per heavy atom. The van der Waals surface area contributed by atoms with Gasteiger partial charge in [-0.15, -0.1) is 0 Å². The number of carbonyl (C=O) groups is 1. The molecule has 7 heteroatoms. The minimum Gasteiger partial charge on any atom is -0.341 e. The second-order valence-corrected chi connectivity index (χ2v) is 6.09. The Kier molecular flexibility index (Phi) is 5.77. The first-order valence-electron chi connectivity index (χ1n) is 8.73. The monoisotopic (exact) mass is 340 g/mol. The highest BCUT2D eigenvalue weighted by atomic mass is 16.2. The Morgan fingerprint density at radius 2 is 1.88 bits per heavy atom. The molecule has 0 saturated carbocycles. The average molecular weight is 340 g/mol. The van der Waals surface area contributed by atoms with Gasteiger partial charge in [-0.25, -0.2) is 14.8 Å². The number of piperidine rings is 1. The van der Waals surface area contributed by atoms with Crippen LogP contribution in [-0.2, 0) is 6.54 Å². The van der Waals surface area contributed by atoms with Gasteiger partial charge in [-0.2, -0.15) is 0 Å². The van der Waals surface area contributed by atoms with E-state index < -0.39 is 0 Å². The molecule has 1 aliphatic heterocycles. The van der Waals surface area contributed by atoms with E-state index in [-0.39, 0.29) is 12.1 Å². The molecule has 0 aliphatic carbocycles. The molecule has 1 fully saturated rings. The van der Waals surface area contributed by atoms with E-state index >= 15 is 0 Å². The van der Waals surface area contributed by atoms with Crippen LogP contribution in [0.25, 0.3) is 0 Å². The molecular formula is C18H24N6O. The van der Waals surface area contributed by atoms with Gasteiger partial charge >= 0.3 is 6.03 Å². The van der Waals surface area contributed by atoms with E-state index in [0.717, 1.165) is 37.6 Å². The number of carbonyl (C=O) groups excluding carboxylic acids is 1. The Balaban J connectivity index is 1.49. The maximum atomic E-state index is 12.5. The number of hydrogen-bond donors (Lipinski definition) is 1. The molecule has 2 aromatic rings. The Bertz CT molecular complexity index is 658. The van der Waals surface area contributed by atoms with E-state index in [2.05, 4.69) is 25.2 Å². The number of rotatable bonds is 5.